The second-order valence-corrected chi connectivity index (χ2v) is 8.69. The summed E-state index contributed by atoms with van der Waals surface area (Å²) in [5, 5.41) is 4.81. The number of rotatable bonds is 3. The second-order valence-electron chi connectivity index (χ2n) is 6.72. The van der Waals surface area contributed by atoms with E-state index in [2.05, 4.69) is 0 Å². The van der Waals surface area contributed by atoms with Gasteiger partial charge in [-0.2, -0.15) is 13.2 Å². The van der Waals surface area contributed by atoms with E-state index in [9.17, 15) is 30.4 Å². The lowest BCUT2D eigenvalue weighted by Crippen LogP contribution is -2.16. The number of nitrogens with two attached hydrogens (primary N) is 1. The maximum atomic E-state index is 14.1. The van der Waals surface area contributed by atoms with Gasteiger partial charge in [-0.05, 0) is 53.5 Å². The van der Waals surface area contributed by atoms with Gasteiger partial charge in [-0.1, -0.05) is 36.5 Å². The summed E-state index contributed by atoms with van der Waals surface area (Å²) >= 11 is 5.33. The van der Waals surface area contributed by atoms with Gasteiger partial charge in [0.1, 0.15) is 11.6 Å². The highest BCUT2D eigenvalue weighted by molar-refractivity contribution is 7.89. The molecule has 1 aliphatic carbocycles. The van der Waals surface area contributed by atoms with E-state index in [1.54, 1.807) is 6.08 Å². The van der Waals surface area contributed by atoms with Crippen LogP contribution in [0.1, 0.15) is 28.2 Å². The van der Waals surface area contributed by atoms with E-state index < -0.39 is 44.2 Å². The summed E-state index contributed by atoms with van der Waals surface area (Å²) in [5.74, 6) is -3.18. The smallest absolute Gasteiger partial charge is 0.224 e. The molecule has 2 aromatic carbocycles. The van der Waals surface area contributed by atoms with Crippen LogP contribution in [0.4, 0.5) is 22.0 Å². The zero-order valence-electron chi connectivity index (χ0n) is 15.3. The van der Waals surface area contributed by atoms with E-state index in [4.69, 9.17) is 17.4 Å². The lowest BCUT2D eigenvalue weighted by molar-refractivity contribution is -0.138. The second kappa shape index (κ2) is 7.68. The molecule has 0 saturated heterocycles. The number of hydrogen-bond acceptors (Lipinski definition) is 3. The molecule has 0 radical (unpaired) electrons. The zero-order chi connectivity index (χ0) is 22.4. The van der Waals surface area contributed by atoms with E-state index in [-0.39, 0.29) is 11.1 Å². The van der Waals surface area contributed by atoms with Crippen molar-refractivity contribution in [1.82, 2.24) is 0 Å². The fraction of sp³-hybridized carbons (Fsp3) is 0.150. The van der Waals surface area contributed by atoms with Crippen molar-refractivity contribution in [2.24, 2.45) is 5.14 Å². The molecule has 10 heteroatoms. The van der Waals surface area contributed by atoms with E-state index in [1.165, 1.54) is 31.2 Å². The Morgan fingerprint density at radius 2 is 1.67 bits per heavy atom. The number of aryl methyl sites for hydroxylation is 1. The maximum Gasteiger partial charge on any atom is 0.416 e. The fourth-order valence-electron chi connectivity index (χ4n) is 3.24. The van der Waals surface area contributed by atoms with Crippen LogP contribution in [0.25, 0.3) is 5.57 Å². The summed E-state index contributed by atoms with van der Waals surface area (Å²) in [7, 11) is -4.58. The molecular weight excluding hydrogens is 445 g/mol. The van der Waals surface area contributed by atoms with Gasteiger partial charge in [-0.3, -0.25) is 0 Å². The lowest BCUT2D eigenvalue weighted by atomic mass is 9.86. The maximum absolute atomic E-state index is 14.1. The Bertz CT molecular complexity index is 1190. The Morgan fingerprint density at radius 3 is 2.13 bits per heavy atom. The molecular formula is C20H14F5NO2S2. The van der Waals surface area contributed by atoms with Gasteiger partial charge in [0.25, 0.3) is 0 Å². The predicted octanol–water partition coefficient (Wildman–Crippen LogP) is 5.05. The zero-order valence-corrected chi connectivity index (χ0v) is 16.9. The molecule has 30 heavy (non-hydrogen) atoms. The first kappa shape index (κ1) is 22.3. The number of allylic oxidation sites excluding steroid dienone is 4. The van der Waals surface area contributed by atoms with E-state index in [1.807, 2.05) is 0 Å². The van der Waals surface area contributed by atoms with E-state index >= 15 is 0 Å². The van der Waals surface area contributed by atoms with Crippen LogP contribution in [0.3, 0.4) is 0 Å². The summed E-state index contributed by atoms with van der Waals surface area (Å²) in [6.45, 7) is 1.35. The molecule has 3 rings (SSSR count). The first-order valence-electron chi connectivity index (χ1n) is 8.42. The van der Waals surface area contributed by atoms with Gasteiger partial charge in [0, 0.05) is 10.8 Å². The topological polar surface area (TPSA) is 60.2 Å². The van der Waals surface area contributed by atoms with Crippen molar-refractivity contribution in [2.75, 3.05) is 0 Å². The molecule has 2 N–H and O–H groups in total. The molecule has 1 unspecified atom stereocenters. The van der Waals surface area contributed by atoms with Crippen molar-refractivity contribution in [3.8, 4) is 0 Å². The van der Waals surface area contributed by atoms with Crippen LogP contribution in [-0.4, -0.2) is 13.3 Å². The molecule has 0 spiro atoms. The average Bonchev–Trinajstić information content (AvgIpc) is 2.58. The molecule has 0 amide bonds. The van der Waals surface area contributed by atoms with Gasteiger partial charge >= 0.3 is 6.18 Å². The lowest BCUT2D eigenvalue weighted by Gasteiger charge is -2.20. The van der Waals surface area contributed by atoms with Crippen molar-refractivity contribution in [3.63, 3.8) is 0 Å². The molecule has 0 saturated carbocycles. The minimum atomic E-state index is -4.58. The van der Waals surface area contributed by atoms with E-state index in [0.717, 1.165) is 18.2 Å². The van der Waals surface area contributed by atoms with Crippen molar-refractivity contribution < 1.29 is 30.4 Å². The average molecular weight is 459 g/mol. The Labute approximate surface area is 174 Å². The van der Waals surface area contributed by atoms with Gasteiger partial charge in [-0.15, -0.1) is 0 Å². The van der Waals surface area contributed by atoms with Gasteiger partial charge in [0.05, 0.1) is 5.56 Å². The van der Waals surface area contributed by atoms with Crippen LogP contribution < -0.4 is 5.14 Å². The fourth-order valence-corrected chi connectivity index (χ4v) is 4.24. The molecule has 3 nitrogen and oxygen atoms in total. The normalized spacial score (nSPS) is 17.2. The quantitative estimate of drug-likeness (QED) is 0.517. The summed E-state index contributed by atoms with van der Waals surface area (Å²) < 4.78 is 89.7. The van der Waals surface area contributed by atoms with E-state index in [0.29, 0.717) is 16.0 Å². The van der Waals surface area contributed by atoms with Crippen LogP contribution >= 0.6 is 12.2 Å². The number of halogens is 5. The SMILES string of the molecule is Cc1cc(C2C=CC(c3cc(F)c(S(N)(=O)=O)c(F)c3)=CC2=S)ccc1C(F)(F)F. The molecule has 0 fully saturated rings. The first-order valence-corrected chi connectivity index (χ1v) is 10.4. The Kier molecular flexibility index (Phi) is 5.70. The van der Waals surface area contributed by atoms with Gasteiger partial charge in [0.15, 0.2) is 4.90 Å². The van der Waals surface area contributed by atoms with Gasteiger partial charge < -0.3 is 0 Å². The van der Waals surface area contributed by atoms with Crippen LogP contribution in [0.5, 0.6) is 0 Å². The third-order valence-electron chi connectivity index (χ3n) is 4.60. The number of hydrogen-bond donors (Lipinski definition) is 1. The molecule has 1 aliphatic rings. The number of alkyl halides is 3. The standard InChI is InChI=1S/C20H14F5NO2S2/c1-10-6-12(3-5-15(10)20(23,24)25)14-4-2-11(9-18(14)29)13-7-16(21)19(17(22)8-13)30(26,27)28/h2-9,14H,1H3,(H2,26,27,28). The molecule has 0 aromatic heterocycles. The van der Waals surface area contributed by atoms with Crippen molar-refractivity contribution >= 4 is 32.7 Å². The number of thiocarbonyl (C=S) groups is 1. The van der Waals surface area contributed by atoms with Crippen molar-refractivity contribution in [3.05, 3.63) is 82.4 Å². The number of sulfonamides is 1. The van der Waals surface area contributed by atoms with Gasteiger partial charge in [-0.25, -0.2) is 22.3 Å². The predicted molar refractivity (Wildman–Crippen MR) is 106 cm³/mol. The number of primary sulfonamides is 1. The van der Waals surface area contributed by atoms with Crippen molar-refractivity contribution in [2.45, 2.75) is 23.9 Å². The number of benzene rings is 2. The molecule has 2 aromatic rings. The van der Waals surface area contributed by atoms with Crippen LogP contribution in [0.2, 0.25) is 0 Å². The summed E-state index contributed by atoms with van der Waals surface area (Å²) in [5.41, 5.74) is 0.207. The summed E-state index contributed by atoms with van der Waals surface area (Å²) in [4.78, 5) is -0.907. The largest absolute Gasteiger partial charge is 0.416 e. The summed E-state index contributed by atoms with van der Waals surface area (Å²) in [6.07, 6.45) is 0.106. The highest BCUT2D eigenvalue weighted by atomic mass is 32.2. The molecule has 1 atom stereocenters. The first-order chi connectivity index (χ1) is 13.8. The highest BCUT2D eigenvalue weighted by Crippen LogP contribution is 2.35. The molecule has 158 valence electrons. The van der Waals surface area contributed by atoms with Crippen LogP contribution in [0, 0.1) is 18.6 Å². The molecule has 0 heterocycles. The third-order valence-corrected chi connectivity index (χ3v) is 5.93. The van der Waals surface area contributed by atoms with Crippen molar-refractivity contribution in [1.29, 1.82) is 0 Å². The monoisotopic (exact) mass is 459 g/mol. The Hall–Kier alpha value is -2.43. The van der Waals surface area contributed by atoms with Crippen LogP contribution in [-0.2, 0) is 16.2 Å². The molecule has 0 bridgehead atoms. The molecule has 0 aliphatic heterocycles. The van der Waals surface area contributed by atoms with Crippen LogP contribution in [0.15, 0.2) is 53.5 Å². The minimum absolute atomic E-state index is 0.0399. The Balaban J connectivity index is 1.93. The van der Waals surface area contributed by atoms with Gasteiger partial charge in [0.2, 0.25) is 10.0 Å². The highest BCUT2D eigenvalue weighted by Gasteiger charge is 2.32. The third kappa shape index (κ3) is 4.35. The summed E-state index contributed by atoms with van der Waals surface area (Å²) in [6, 6.07) is 5.35. The minimum Gasteiger partial charge on any atom is -0.224 e. The Morgan fingerprint density at radius 1 is 1.07 bits per heavy atom.